The molecule has 0 aromatic carbocycles. The fraction of sp³-hybridized carbons (Fsp3) is 0.867. The van der Waals surface area contributed by atoms with Crippen LogP contribution in [0.4, 0.5) is 0 Å². The molecule has 1 amide bonds. The number of hydrogen-bond donors (Lipinski definition) is 1. The number of carbonyl (C=O) groups is 2. The van der Waals surface area contributed by atoms with Crippen molar-refractivity contribution in [3.63, 3.8) is 0 Å². The molecule has 0 bridgehead atoms. The summed E-state index contributed by atoms with van der Waals surface area (Å²) in [4.78, 5) is 25.5. The van der Waals surface area contributed by atoms with E-state index in [1.165, 1.54) is 7.11 Å². The van der Waals surface area contributed by atoms with Crippen LogP contribution in [-0.2, 0) is 14.3 Å². The predicted molar refractivity (Wildman–Crippen MR) is 78.0 cm³/mol. The van der Waals surface area contributed by atoms with Gasteiger partial charge in [-0.05, 0) is 31.6 Å². The number of rotatable bonds is 6. The van der Waals surface area contributed by atoms with Crippen molar-refractivity contribution in [2.75, 3.05) is 20.2 Å². The molecule has 0 aromatic heterocycles. The van der Waals surface area contributed by atoms with Gasteiger partial charge in [-0.25, -0.2) is 0 Å². The molecule has 1 aliphatic rings. The molecule has 116 valence electrons. The average Bonchev–Trinajstić information content (AvgIpc) is 2.45. The smallest absolute Gasteiger partial charge is 0.305 e. The van der Waals surface area contributed by atoms with Crippen LogP contribution in [0.1, 0.15) is 46.0 Å². The minimum atomic E-state index is -0.193. The number of methoxy groups -OCH3 is 1. The highest BCUT2D eigenvalue weighted by Crippen LogP contribution is 2.23. The number of carbonyl (C=O) groups excluding carboxylic acids is 2. The Morgan fingerprint density at radius 2 is 1.95 bits per heavy atom. The van der Waals surface area contributed by atoms with Crippen LogP contribution in [0.5, 0.6) is 0 Å². The minimum absolute atomic E-state index is 0.0182. The zero-order valence-electron chi connectivity index (χ0n) is 12.9. The molecule has 0 aromatic rings. The van der Waals surface area contributed by atoms with Crippen LogP contribution in [0, 0.1) is 11.8 Å². The Kier molecular flexibility index (Phi) is 6.99. The summed E-state index contributed by atoms with van der Waals surface area (Å²) >= 11 is 0. The topological polar surface area (TPSA) is 72.6 Å². The lowest BCUT2D eigenvalue weighted by atomic mass is 9.89. The number of nitrogens with zero attached hydrogens (tertiary/aromatic N) is 1. The van der Waals surface area contributed by atoms with Crippen molar-refractivity contribution in [2.24, 2.45) is 17.6 Å². The van der Waals surface area contributed by atoms with E-state index in [0.29, 0.717) is 18.9 Å². The number of amides is 1. The summed E-state index contributed by atoms with van der Waals surface area (Å²) in [5.74, 6) is 0.424. The number of hydrogen-bond acceptors (Lipinski definition) is 4. The van der Waals surface area contributed by atoms with Crippen molar-refractivity contribution < 1.29 is 14.3 Å². The van der Waals surface area contributed by atoms with Crippen LogP contribution in [0.25, 0.3) is 0 Å². The molecule has 5 nitrogen and oxygen atoms in total. The van der Waals surface area contributed by atoms with Gasteiger partial charge in [0.15, 0.2) is 0 Å². The van der Waals surface area contributed by atoms with Gasteiger partial charge in [0, 0.05) is 31.5 Å². The normalized spacial score (nSPS) is 22.9. The third kappa shape index (κ3) is 4.78. The summed E-state index contributed by atoms with van der Waals surface area (Å²) in [6, 6.07) is 0.0182. The molecular weight excluding hydrogens is 256 g/mol. The molecule has 1 saturated heterocycles. The molecule has 1 heterocycles. The van der Waals surface area contributed by atoms with Gasteiger partial charge in [0.1, 0.15) is 0 Å². The third-order valence-electron chi connectivity index (χ3n) is 4.20. The molecule has 0 radical (unpaired) electrons. The summed E-state index contributed by atoms with van der Waals surface area (Å²) in [7, 11) is 1.40. The second kappa shape index (κ2) is 8.25. The van der Waals surface area contributed by atoms with Crippen LogP contribution in [0.2, 0.25) is 0 Å². The van der Waals surface area contributed by atoms with Crippen LogP contribution in [0.15, 0.2) is 0 Å². The molecule has 0 aliphatic carbocycles. The molecular formula is C15H28N2O3. The van der Waals surface area contributed by atoms with E-state index in [2.05, 4.69) is 4.74 Å². The molecule has 2 unspecified atom stereocenters. The first-order chi connectivity index (χ1) is 9.51. The van der Waals surface area contributed by atoms with E-state index in [9.17, 15) is 9.59 Å². The minimum Gasteiger partial charge on any atom is -0.469 e. The Morgan fingerprint density at radius 3 is 2.50 bits per heavy atom. The Hall–Kier alpha value is -1.10. The van der Waals surface area contributed by atoms with Gasteiger partial charge in [0.2, 0.25) is 5.91 Å². The van der Waals surface area contributed by atoms with E-state index in [1.807, 2.05) is 18.7 Å². The fourth-order valence-corrected chi connectivity index (χ4v) is 2.96. The lowest BCUT2D eigenvalue weighted by Gasteiger charge is -2.38. The summed E-state index contributed by atoms with van der Waals surface area (Å²) < 4.78 is 4.66. The lowest BCUT2D eigenvalue weighted by molar-refractivity contribution is -0.141. The highest BCUT2D eigenvalue weighted by molar-refractivity contribution is 5.79. The van der Waals surface area contributed by atoms with Crippen molar-refractivity contribution >= 4 is 11.9 Å². The van der Waals surface area contributed by atoms with Crippen molar-refractivity contribution in [2.45, 2.75) is 52.0 Å². The zero-order valence-corrected chi connectivity index (χ0v) is 12.9. The lowest BCUT2D eigenvalue weighted by Crippen LogP contribution is -2.51. The Labute approximate surface area is 121 Å². The standard InChI is InChI=1S/C15H28N2O3/c1-4-12(5-2)15(19)17-9-11(8-13(16)10-17)6-7-14(18)20-3/h11-13H,4-10,16H2,1-3H3. The van der Waals surface area contributed by atoms with Gasteiger partial charge in [0.05, 0.1) is 7.11 Å². The zero-order chi connectivity index (χ0) is 15.1. The molecule has 0 saturated carbocycles. The van der Waals surface area contributed by atoms with Gasteiger partial charge in [-0.15, -0.1) is 0 Å². The average molecular weight is 284 g/mol. The Morgan fingerprint density at radius 1 is 1.30 bits per heavy atom. The number of ether oxygens (including phenoxy) is 1. The molecule has 2 atom stereocenters. The van der Waals surface area contributed by atoms with Gasteiger partial charge in [0.25, 0.3) is 0 Å². The maximum Gasteiger partial charge on any atom is 0.305 e. The maximum atomic E-state index is 12.4. The quantitative estimate of drug-likeness (QED) is 0.751. The van der Waals surface area contributed by atoms with Gasteiger partial charge in [-0.1, -0.05) is 13.8 Å². The number of nitrogens with two attached hydrogens (primary N) is 1. The van der Waals surface area contributed by atoms with Gasteiger partial charge < -0.3 is 15.4 Å². The number of esters is 1. The van der Waals surface area contributed by atoms with Gasteiger partial charge >= 0.3 is 5.97 Å². The highest BCUT2D eigenvalue weighted by Gasteiger charge is 2.30. The number of piperidine rings is 1. The van der Waals surface area contributed by atoms with Crippen molar-refractivity contribution in [1.82, 2.24) is 4.90 Å². The fourth-order valence-electron chi connectivity index (χ4n) is 2.96. The van der Waals surface area contributed by atoms with Crippen molar-refractivity contribution in [3.8, 4) is 0 Å². The Balaban J connectivity index is 2.56. The van der Waals surface area contributed by atoms with E-state index in [1.54, 1.807) is 0 Å². The summed E-state index contributed by atoms with van der Waals surface area (Å²) in [6.45, 7) is 5.46. The summed E-state index contributed by atoms with van der Waals surface area (Å²) in [5.41, 5.74) is 6.07. The van der Waals surface area contributed by atoms with Crippen LogP contribution < -0.4 is 5.73 Å². The third-order valence-corrected chi connectivity index (χ3v) is 4.20. The largest absolute Gasteiger partial charge is 0.469 e. The molecule has 1 fully saturated rings. The van der Waals surface area contributed by atoms with E-state index < -0.39 is 0 Å². The first kappa shape index (κ1) is 17.0. The van der Waals surface area contributed by atoms with Gasteiger partial charge in [-0.2, -0.15) is 0 Å². The molecule has 2 N–H and O–H groups in total. The molecule has 20 heavy (non-hydrogen) atoms. The second-order valence-electron chi connectivity index (χ2n) is 5.73. The van der Waals surface area contributed by atoms with E-state index >= 15 is 0 Å². The van der Waals surface area contributed by atoms with Gasteiger partial charge in [-0.3, -0.25) is 9.59 Å². The highest BCUT2D eigenvalue weighted by atomic mass is 16.5. The first-order valence-corrected chi connectivity index (χ1v) is 7.62. The second-order valence-corrected chi connectivity index (χ2v) is 5.73. The van der Waals surface area contributed by atoms with Crippen molar-refractivity contribution in [1.29, 1.82) is 0 Å². The van der Waals surface area contributed by atoms with Crippen LogP contribution in [-0.4, -0.2) is 43.0 Å². The monoisotopic (exact) mass is 284 g/mol. The summed E-state index contributed by atoms with van der Waals surface area (Å²) in [5, 5.41) is 0. The molecule has 1 aliphatic heterocycles. The maximum absolute atomic E-state index is 12.4. The predicted octanol–water partition coefficient (Wildman–Crippen LogP) is 1.55. The van der Waals surface area contributed by atoms with Crippen LogP contribution >= 0.6 is 0 Å². The Bertz CT molecular complexity index is 329. The van der Waals surface area contributed by atoms with E-state index in [0.717, 1.165) is 32.2 Å². The van der Waals surface area contributed by atoms with Crippen LogP contribution in [0.3, 0.4) is 0 Å². The summed E-state index contributed by atoms with van der Waals surface area (Å²) in [6.07, 6.45) is 3.76. The number of likely N-dealkylation sites (tertiary alicyclic amines) is 1. The molecule has 1 rings (SSSR count). The van der Waals surface area contributed by atoms with Crippen molar-refractivity contribution in [3.05, 3.63) is 0 Å². The first-order valence-electron chi connectivity index (χ1n) is 7.62. The molecule has 0 spiro atoms. The van der Waals surface area contributed by atoms with E-state index in [4.69, 9.17) is 5.73 Å². The van der Waals surface area contributed by atoms with E-state index in [-0.39, 0.29) is 23.8 Å². The SMILES string of the molecule is CCC(CC)C(=O)N1CC(N)CC(CCC(=O)OC)C1. The molecule has 5 heteroatoms.